The second-order valence-electron chi connectivity index (χ2n) is 4.02. The van der Waals surface area contributed by atoms with Crippen molar-refractivity contribution < 1.29 is 17.9 Å². The molecule has 0 atom stereocenters. The van der Waals surface area contributed by atoms with Crippen LogP contribution in [0.1, 0.15) is 37.0 Å². The fraction of sp³-hybridized carbons (Fsp3) is 0.462. The van der Waals surface area contributed by atoms with Gasteiger partial charge in [-0.05, 0) is 30.7 Å². The number of benzene rings is 1. The molecule has 1 rings (SSSR count). The van der Waals surface area contributed by atoms with Crippen molar-refractivity contribution in [2.24, 2.45) is 0 Å². The minimum absolute atomic E-state index is 0.138. The van der Waals surface area contributed by atoms with E-state index in [9.17, 15) is 13.2 Å². The standard InChI is InChI=1S/C13H19NO4S/c1-3-5-10-18-13(15)11-6-8-12(9-7-11)19(16,17)14-4-2/h6-9,14H,3-5,10H2,1-2H3. The van der Waals surface area contributed by atoms with Gasteiger partial charge < -0.3 is 4.74 Å². The summed E-state index contributed by atoms with van der Waals surface area (Å²) in [5, 5.41) is 0. The number of sulfonamides is 1. The van der Waals surface area contributed by atoms with Crippen molar-refractivity contribution in [1.29, 1.82) is 0 Å². The Morgan fingerprint density at radius 3 is 2.37 bits per heavy atom. The summed E-state index contributed by atoms with van der Waals surface area (Å²) in [6.07, 6.45) is 1.77. The molecule has 0 spiro atoms. The number of esters is 1. The molecule has 0 heterocycles. The van der Waals surface area contributed by atoms with Crippen LogP contribution >= 0.6 is 0 Å². The molecule has 0 aromatic heterocycles. The number of carbonyl (C=O) groups is 1. The van der Waals surface area contributed by atoms with Gasteiger partial charge in [0.2, 0.25) is 10.0 Å². The van der Waals surface area contributed by atoms with Crippen LogP contribution in [0.5, 0.6) is 0 Å². The second kappa shape index (κ2) is 7.25. The maximum Gasteiger partial charge on any atom is 0.338 e. The second-order valence-corrected chi connectivity index (χ2v) is 5.78. The van der Waals surface area contributed by atoms with Gasteiger partial charge in [-0.3, -0.25) is 0 Å². The molecule has 1 aromatic rings. The average Bonchev–Trinajstić information content (AvgIpc) is 2.39. The highest BCUT2D eigenvalue weighted by molar-refractivity contribution is 7.89. The lowest BCUT2D eigenvalue weighted by Gasteiger charge is -2.06. The number of nitrogens with one attached hydrogen (secondary N) is 1. The fourth-order valence-electron chi connectivity index (χ4n) is 1.44. The van der Waals surface area contributed by atoms with Gasteiger partial charge in [0, 0.05) is 6.54 Å². The summed E-state index contributed by atoms with van der Waals surface area (Å²) >= 11 is 0. The smallest absolute Gasteiger partial charge is 0.338 e. The lowest BCUT2D eigenvalue weighted by atomic mass is 10.2. The molecule has 0 saturated carbocycles. The predicted octanol–water partition coefficient (Wildman–Crippen LogP) is 1.94. The summed E-state index contributed by atoms with van der Waals surface area (Å²) in [4.78, 5) is 11.8. The van der Waals surface area contributed by atoms with Crippen molar-refractivity contribution in [3.63, 3.8) is 0 Å². The minimum atomic E-state index is -3.48. The summed E-state index contributed by atoms with van der Waals surface area (Å²) in [6.45, 7) is 4.42. The molecule has 0 radical (unpaired) electrons. The van der Waals surface area contributed by atoms with E-state index in [4.69, 9.17) is 4.74 Å². The Hall–Kier alpha value is -1.40. The zero-order valence-corrected chi connectivity index (χ0v) is 12.0. The van der Waals surface area contributed by atoms with Gasteiger partial charge in [-0.15, -0.1) is 0 Å². The Balaban J connectivity index is 2.74. The van der Waals surface area contributed by atoms with Crippen LogP contribution in [0, 0.1) is 0 Å². The van der Waals surface area contributed by atoms with Crippen LogP contribution in [0.15, 0.2) is 29.2 Å². The van der Waals surface area contributed by atoms with Gasteiger partial charge in [0.05, 0.1) is 17.1 Å². The van der Waals surface area contributed by atoms with E-state index in [1.165, 1.54) is 24.3 Å². The van der Waals surface area contributed by atoms with Gasteiger partial charge in [0.25, 0.3) is 0 Å². The topological polar surface area (TPSA) is 72.5 Å². The Morgan fingerprint density at radius 2 is 1.84 bits per heavy atom. The lowest BCUT2D eigenvalue weighted by molar-refractivity contribution is 0.0499. The quantitative estimate of drug-likeness (QED) is 0.614. The molecule has 0 aliphatic rings. The maximum atomic E-state index is 11.7. The summed E-state index contributed by atoms with van der Waals surface area (Å²) < 4.78 is 30.8. The van der Waals surface area contributed by atoms with E-state index in [0.29, 0.717) is 18.7 Å². The van der Waals surface area contributed by atoms with Crippen LogP contribution in [-0.2, 0) is 14.8 Å². The maximum absolute atomic E-state index is 11.7. The SMILES string of the molecule is CCCCOC(=O)c1ccc(S(=O)(=O)NCC)cc1. The van der Waals surface area contributed by atoms with Gasteiger partial charge in [-0.1, -0.05) is 20.3 Å². The molecular formula is C13H19NO4S. The van der Waals surface area contributed by atoms with Crippen LogP contribution < -0.4 is 4.72 Å². The van der Waals surface area contributed by atoms with Crippen LogP contribution in [0.2, 0.25) is 0 Å². The number of ether oxygens (including phenoxy) is 1. The van der Waals surface area contributed by atoms with E-state index >= 15 is 0 Å². The van der Waals surface area contributed by atoms with E-state index in [1.54, 1.807) is 6.92 Å². The van der Waals surface area contributed by atoms with Crippen LogP contribution in [0.3, 0.4) is 0 Å². The van der Waals surface area contributed by atoms with Gasteiger partial charge in [0.1, 0.15) is 0 Å². The number of hydrogen-bond donors (Lipinski definition) is 1. The molecule has 6 heteroatoms. The Labute approximate surface area is 114 Å². The molecule has 0 fully saturated rings. The van der Waals surface area contributed by atoms with Crippen LogP contribution in [0.4, 0.5) is 0 Å². The zero-order valence-electron chi connectivity index (χ0n) is 11.2. The van der Waals surface area contributed by atoms with E-state index in [2.05, 4.69) is 4.72 Å². The van der Waals surface area contributed by atoms with Gasteiger partial charge in [0.15, 0.2) is 0 Å². The third-order valence-corrected chi connectivity index (χ3v) is 4.03. The molecule has 0 amide bonds. The first-order chi connectivity index (χ1) is 9.01. The highest BCUT2D eigenvalue weighted by Gasteiger charge is 2.14. The first-order valence-electron chi connectivity index (χ1n) is 6.28. The molecule has 0 unspecified atom stereocenters. The summed E-state index contributed by atoms with van der Waals surface area (Å²) in [5.41, 5.74) is 0.353. The number of unbranched alkanes of at least 4 members (excludes halogenated alkanes) is 1. The molecule has 5 nitrogen and oxygen atoms in total. The van der Waals surface area contributed by atoms with E-state index < -0.39 is 16.0 Å². The van der Waals surface area contributed by atoms with Gasteiger partial charge in [-0.2, -0.15) is 0 Å². The summed E-state index contributed by atoms with van der Waals surface area (Å²) in [6, 6.07) is 5.71. The van der Waals surface area contributed by atoms with Crippen LogP contribution in [0.25, 0.3) is 0 Å². The fourth-order valence-corrected chi connectivity index (χ4v) is 2.48. The van der Waals surface area contributed by atoms with Crippen molar-refractivity contribution in [3.05, 3.63) is 29.8 Å². The highest BCUT2D eigenvalue weighted by Crippen LogP contribution is 2.11. The van der Waals surface area contributed by atoms with E-state index in [0.717, 1.165) is 12.8 Å². The highest BCUT2D eigenvalue weighted by atomic mass is 32.2. The molecular weight excluding hydrogens is 266 g/mol. The van der Waals surface area contributed by atoms with E-state index in [-0.39, 0.29) is 4.90 Å². The Morgan fingerprint density at radius 1 is 1.21 bits per heavy atom. The largest absolute Gasteiger partial charge is 0.462 e. The Kier molecular flexibility index (Phi) is 5.98. The Bertz CT molecular complexity index is 508. The summed E-state index contributed by atoms with van der Waals surface area (Å²) in [5.74, 6) is -0.430. The number of rotatable bonds is 7. The first kappa shape index (κ1) is 15.7. The molecule has 0 aliphatic carbocycles. The number of carbonyl (C=O) groups excluding carboxylic acids is 1. The van der Waals surface area contributed by atoms with Crippen molar-refractivity contribution in [3.8, 4) is 0 Å². The predicted molar refractivity (Wildman–Crippen MR) is 72.5 cm³/mol. The van der Waals surface area contributed by atoms with Crippen molar-refractivity contribution in [2.45, 2.75) is 31.6 Å². The van der Waals surface area contributed by atoms with Crippen molar-refractivity contribution >= 4 is 16.0 Å². The van der Waals surface area contributed by atoms with Gasteiger partial charge >= 0.3 is 5.97 Å². The minimum Gasteiger partial charge on any atom is -0.462 e. The zero-order chi connectivity index (χ0) is 14.3. The number of hydrogen-bond acceptors (Lipinski definition) is 4. The average molecular weight is 285 g/mol. The van der Waals surface area contributed by atoms with Crippen molar-refractivity contribution in [1.82, 2.24) is 4.72 Å². The molecule has 106 valence electrons. The van der Waals surface area contributed by atoms with E-state index in [1.807, 2.05) is 6.92 Å². The lowest BCUT2D eigenvalue weighted by Crippen LogP contribution is -2.23. The molecule has 1 aromatic carbocycles. The van der Waals surface area contributed by atoms with Crippen LogP contribution in [-0.4, -0.2) is 27.5 Å². The molecule has 0 aliphatic heterocycles. The first-order valence-corrected chi connectivity index (χ1v) is 7.76. The monoisotopic (exact) mass is 285 g/mol. The van der Waals surface area contributed by atoms with Gasteiger partial charge in [-0.25, -0.2) is 17.9 Å². The van der Waals surface area contributed by atoms with Crippen molar-refractivity contribution in [2.75, 3.05) is 13.2 Å². The molecule has 0 bridgehead atoms. The third-order valence-electron chi connectivity index (χ3n) is 2.47. The molecule has 19 heavy (non-hydrogen) atoms. The summed E-state index contributed by atoms with van der Waals surface area (Å²) in [7, 11) is -3.48. The molecule has 1 N–H and O–H groups in total. The normalized spacial score (nSPS) is 11.3. The third kappa shape index (κ3) is 4.65. The molecule has 0 saturated heterocycles.